The number of hydrazone groups is 2. The fourth-order valence-corrected chi connectivity index (χ4v) is 1.44. The summed E-state index contributed by atoms with van der Waals surface area (Å²) in [6, 6.07) is 0. The fourth-order valence-electron chi connectivity index (χ4n) is 1.17. The SMILES string of the molecule is CN/C([S-])=N/N=C(C)/C(C)=N/N=C(\[S-])N/N=C/C=N/N/C([S-])=N/N=C(C)/C(C)=N/N=C(\[S-])NC.[Zn+2].[Zn+2]. The van der Waals surface area contributed by atoms with Crippen LogP contribution in [0.15, 0.2) is 51.0 Å². The van der Waals surface area contributed by atoms with E-state index in [1.54, 1.807) is 41.8 Å². The van der Waals surface area contributed by atoms with Gasteiger partial charge in [-0.25, -0.2) is 0 Å². The van der Waals surface area contributed by atoms with Crippen molar-refractivity contribution in [3.05, 3.63) is 0 Å². The van der Waals surface area contributed by atoms with Gasteiger partial charge >= 0.3 is 39.0 Å². The Balaban J connectivity index is -0.00000544. The second kappa shape index (κ2) is 23.4. The molecule has 186 valence electrons. The first kappa shape index (κ1) is 38.6. The molecule has 0 atom stereocenters. The molecule has 0 fully saturated rings. The summed E-state index contributed by atoms with van der Waals surface area (Å²) in [5, 5.41) is 44.4. The summed E-state index contributed by atoms with van der Waals surface area (Å²) in [7, 11) is 3.30. The maximum atomic E-state index is 4.99. The molecular formula is C16H24N14S4Zn2. The van der Waals surface area contributed by atoms with Gasteiger partial charge in [0.25, 0.3) is 0 Å². The summed E-state index contributed by atoms with van der Waals surface area (Å²) in [6.07, 6.45) is 2.63. The van der Waals surface area contributed by atoms with Gasteiger partial charge in [-0.3, -0.25) is 10.9 Å². The Morgan fingerprint density at radius 1 is 0.472 bits per heavy atom. The molecule has 0 aliphatic heterocycles. The van der Waals surface area contributed by atoms with Crippen molar-refractivity contribution in [1.82, 2.24) is 21.5 Å². The number of hydrogen-bond donors (Lipinski definition) is 4. The van der Waals surface area contributed by atoms with E-state index >= 15 is 0 Å². The van der Waals surface area contributed by atoms with Crippen LogP contribution in [-0.2, 0) is 89.5 Å². The first-order valence-electron chi connectivity index (χ1n) is 9.20. The molecule has 0 spiro atoms. The molecule has 0 amide bonds. The molecule has 0 radical (unpaired) electrons. The Labute approximate surface area is 258 Å². The Hall–Kier alpha value is -1.97. The molecule has 4 N–H and O–H groups in total. The predicted octanol–water partition coefficient (Wildman–Crippen LogP) is -0.314. The fraction of sp³-hybridized carbons (Fsp3) is 0.375. The van der Waals surface area contributed by atoms with Gasteiger partial charge in [0.2, 0.25) is 0 Å². The summed E-state index contributed by atoms with van der Waals surface area (Å²) in [4.78, 5) is 0. The minimum atomic E-state index is 0. The van der Waals surface area contributed by atoms with E-state index in [9.17, 15) is 0 Å². The van der Waals surface area contributed by atoms with Crippen molar-refractivity contribution >= 4 is 106 Å². The van der Waals surface area contributed by atoms with Crippen LogP contribution in [0, 0.1) is 0 Å². The van der Waals surface area contributed by atoms with Gasteiger partial charge in [0, 0.05) is 24.4 Å². The van der Waals surface area contributed by atoms with Crippen molar-refractivity contribution in [1.29, 1.82) is 0 Å². The number of nitrogens with one attached hydrogen (secondary N) is 4. The standard InChI is InChI=1S/C16H28N14S4.2Zn/c1-9(21-27-13(31)17-5)11(3)23-29-15(33)25-19-7-8-20-26-16(34)30-24-12(4)10(2)22-28-14(32)18-6;;/h7-8H,1-6H3,(H2,17,27,31)(H2,18,28,32)(H2,25,29,33)(H2,26,30,34);;/q;2*+2/p-4/b19-7+,20-8+,21-9+,22-10+,23-11+,24-12+;;. The van der Waals surface area contributed by atoms with Crippen LogP contribution >= 0.6 is 0 Å². The van der Waals surface area contributed by atoms with Crippen molar-refractivity contribution in [3.8, 4) is 0 Å². The minimum absolute atomic E-state index is 0. The summed E-state index contributed by atoms with van der Waals surface area (Å²) >= 11 is 19.7. The average molecular weight is 672 g/mol. The predicted molar refractivity (Wildman–Crippen MR) is 153 cm³/mol. The molecule has 0 aromatic heterocycles. The Morgan fingerprint density at radius 3 is 0.972 bits per heavy atom. The molecule has 0 aliphatic rings. The van der Waals surface area contributed by atoms with E-state index in [1.807, 2.05) is 0 Å². The monoisotopic (exact) mass is 668 g/mol. The van der Waals surface area contributed by atoms with Crippen molar-refractivity contribution in [3.63, 3.8) is 0 Å². The first-order valence-corrected chi connectivity index (χ1v) is 10.8. The molecule has 0 aromatic rings. The summed E-state index contributed by atoms with van der Waals surface area (Å²) in [5.41, 5.74) is 7.08. The topological polar surface area (TPSA) is 172 Å². The van der Waals surface area contributed by atoms with Gasteiger partial charge in [-0.15, -0.1) is 0 Å². The third-order valence-corrected chi connectivity index (χ3v) is 4.09. The third-order valence-electron chi connectivity index (χ3n) is 3.17. The van der Waals surface area contributed by atoms with Crippen LogP contribution in [0.5, 0.6) is 0 Å². The normalized spacial score (nSPS) is 14.9. The zero-order chi connectivity index (χ0) is 25.9. The molecule has 0 aliphatic carbocycles. The van der Waals surface area contributed by atoms with Crippen LogP contribution in [0.4, 0.5) is 0 Å². The van der Waals surface area contributed by atoms with Crippen LogP contribution in [0.25, 0.3) is 0 Å². The van der Waals surface area contributed by atoms with E-state index < -0.39 is 0 Å². The molecule has 0 saturated carbocycles. The van der Waals surface area contributed by atoms with Crippen molar-refractivity contribution in [2.24, 2.45) is 51.0 Å². The Bertz CT molecular complexity index is 905. The molecule has 0 unspecified atom stereocenters. The second-order valence-corrected chi connectivity index (χ2v) is 7.19. The maximum Gasteiger partial charge on any atom is 2.00 e. The van der Waals surface area contributed by atoms with Gasteiger partial charge < -0.3 is 61.1 Å². The summed E-state index contributed by atoms with van der Waals surface area (Å²) < 4.78 is 0. The number of hydrogen-bond acceptors (Lipinski definition) is 14. The zero-order valence-electron chi connectivity index (χ0n) is 20.7. The van der Waals surface area contributed by atoms with E-state index in [2.05, 4.69) is 72.5 Å². The zero-order valence-corrected chi connectivity index (χ0v) is 29.9. The van der Waals surface area contributed by atoms with Gasteiger partial charge in [0.05, 0.1) is 35.3 Å². The van der Waals surface area contributed by atoms with Gasteiger partial charge in [0.15, 0.2) is 0 Å². The first-order chi connectivity index (χ1) is 16.1. The molecule has 20 heteroatoms. The molecule has 0 heterocycles. The maximum absolute atomic E-state index is 4.99. The number of nitrogens with zero attached hydrogens (tertiary/aromatic N) is 10. The number of rotatable bonds is 9. The molecule has 0 bridgehead atoms. The van der Waals surface area contributed by atoms with Gasteiger partial charge in [-0.1, -0.05) is 0 Å². The van der Waals surface area contributed by atoms with Gasteiger partial charge in [-0.05, 0) is 38.0 Å². The van der Waals surface area contributed by atoms with Crippen molar-refractivity contribution < 1.29 is 39.0 Å². The Kier molecular flexibility index (Phi) is 25.1. The molecule has 14 nitrogen and oxygen atoms in total. The van der Waals surface area contributed by atoms with Crippen LogP contribution in [0.2, 0.25) is 0 Å². The molecule has 36 heavy (non-hydrogen) atoms. The minimum Gasteiger partial charge on any atom is -0.741 e. The number of amidine groups is 4. The summed E-state index contributed by atoms with van der Waals surface area (Å²) in [5.74, 6) is 0. The molecule has 0 saturated heterocycles. The van der Waals surface area contributed by atoms with Crippen molar-refractivity contribution in [2.45, 2.75) is 27.7 Å². The molecule has 0 rings (SSSR count). The van der Waals surface area contributed by atoms with Crippen LogP contribution in [0.3, 0.4) is 0 Å². The average Bonchev–Trinajstić information content (AvgIpc) is 2.83. The second-order valence-electron chi connectivity index (χ2n) is 5.64. The van der Waals surface area contributed by atoms with Crippen molar-refractivity contribution in [2.75, 3.05) is 14.1 Å². The van der Waals surface area contributed by atoms with E-state index in [4.69, 9.17) is 50.5 Å². The van der Waals surface area contributed by atoms with E-state index in [1.165, 1.54) is 12.4 Å². The van der Waals surface area contributed by atoms with E-state index in [0.29, 0.717) is 22.8 Å². The smallest absolute Gasteiger partial charge is 0.741 e. The van der Waals surface area contributed by atoms with Gasteiger partial charge in [-0.2, -0.15) is 51.0 Å². The third kappa shape index (κ3) is 20.2. The van der Waals surface area contributed by atoms with E-state index in [0.717, 1.165) is 0 Å². The Morgan fingerprint density at radius 2 is 0.722 bits per heavy atom. The van der Waals surface area contributed by atoms with Crippen LogP contribution in [0.1, 0.15) is 27.7 Å². The van der Waals surface area contributed by atoms with Crippen LogP contribution in [-0.4, -0.2) is 70.0 Å². The summed E-state index contributed by atoms with van der Waals surface area (Å²) in [6.45, 7) is 6.83. The quantitative estimate of drug-likeness (QED) is 0.0850. The molecular weight excluding hydrogens is 647 g/mol. The largest absolute Gasteiger partial charge is 2.00 e. The molecule has 0 aromatic carbocycles. The van der Waals surface area contributed by atoms with Crippen LogP contribution < -0.4 is 21.5 Å². The van der Waals surface area contributed by atoms with Gasteiger partial charge in [0.1, 0.15) is 0 Å². The van der Waals surface area contributed by atoms with E-state index in [-0.39, 0.29) is 59.6 Å².